The van der Waals surface area contributed by atoms with Gasteiger partial charge in [0.1, 0.15) is 5.75 Å². The quantitative estimate of drug-likeness (QED) is 0.682. The second kappa shape index (κ2) is 8.35. The van der Waals surface area contributed by atoms with Crippen LogP contribution < -0.4 is 20.5 Å². The van der Waals surface area contributed by atoms with Gasteiger partial charge < -0.3 is 20.5 Å². The number of nitrogens with one attached hydrogen (secondary N) is 1. The van der Waals surface area contributed by atoms with Crippen molar-refractivity contribution >= 4 is 11.6 Å². The van der Waals surface area contributed by atoms with Gasteiger partial charge in [0.2, 0.25) is 17.7 Å². The second-order valence-corrected chi connectivity index (χ2v) is 8.51. The van der Waals surface area contributed by atoms with Crippen molar-refractivity contribution in [2.75, 3.05) is 19.0 Å². The molecular weight excluding hydrogens is 430 g/mol. The van der Waals surface area contributed by atoms with Gasteiger partial charge >= 0.3 is 0 Å². The SMILES string of the molecule is COc1cc(C#N)ccc1[C@@H]1C(C(N)=O)=C(C)Nc2c(C)cnc(OCC3CC(F)(F)C3)c21. The average molecular weight is 454 g/mol. The predicted molar refractivity (Wildman–Crippen MR) is 117 cm³/mol. The van der Waals surface area contributed by atoms with Crippen molar-refractivity contribution in [3.05, 3.63) is 57.9 Å². The molecule has 1 aliphatic carbocycles. The van der Waals surface area contributed by atoms with Crippen molar-refractivity contribution in [3.8, 4) is 17.7 Å². The zero-order chi connectivity index (χ0) is 23.9. The standard InChI is InChI=1S/C24H24F2N4O3/c1-12-10-29-23(33-11-15-7-24(25,26)8-15)20-19(18(22(28)31)13(2)30-21(12)20)16-5-4-14(9-27)6-17(16)32-3/h4-6,10,15,19,30H,7-8,11H2,1-3H3,(H2,28,31)/t19-/m1/s1. The first-order valence-corrected chi connectivity index (χ1v) is 10.5. The molecular formula is C24H24F2N4O3. The van der Waals surface area contributed by atoms with Crippen LogP contribution in [0.15, 0.2) is 35.7 Å². The number of halogens is 2. The summed E-state index contributed by atoms with van der Waals surface area (Å²) in [5.74, 6) is -3.59. The first kappa shape index (κ1) is 22.5. The van der Waals surface area contributed by atoms with Crippen LogP contribution in [0.4, 0.5) is 14.5 Å². The Morgan fingerprint density at radius 3 is 2.70 bits per heavy atom. The number of aromatic nitrogens is 1. The highest BCUT2D eigenvalue weighted by Gasteiger charge is 2.46. The van der Waals surface area contributed by atoms with Gasteiger partial charge in [0.15, 0.2) is 0 Å². The Bertz CT molecular complexity index is 1190. The van der Waals surface area contributed by atoms with Gasteiger partial charge in [-0.05, 0) is 31.5 Å². The highest BCUT2D eigenvalue weighted by molar-refractivity contribution is 5.98. The highest BCUT2D eigenvalue weighted by Crippen LogP contribution is 2.49. The maximum atomic E-state index is 13.3. The summed E-state index contributed by atoms with van der Waals surface area (Å²) in [5, 5.41) is 12.5. The molecule has 172 valence electrons. The Morgan fingerprint density at radius 2 is 2.09 bits per heavy atom. The average Bonchev–Trinajstić information content (AvgIpc) is 2.76. The minimum atomic E-state index is -2.65. The fraction of sp³-hybridized carbons (Fsp3) is 0.375. The lowest BCUT2D eigenvalue weighted by Gasteiger charge is -2.35. The molecule has 1 fully saturated rings. The zero-order valence-electron chi connectivity index (χ0n) is 18.5. The van der Waals surface area contributed by atoms with E-state index in [9.17, 15) is 18.8 Å². The fourth-order valence-electron chi connectivity index (χ4n) is 4.53. The lowest BCUT2D eigenvalue weighted by Crippen LogP contribution is -2.38. The molecule has 2 aliphatic rings. The number of alkyl halides is 2. The third-order valence-corrected chi connectivity index (χ3v) is 6.13. The number of anilines is 1. The number of hydrogen-bond donors (Lipinski definition) is 2. The number of allylic oxidation sites excluding steroid dienone is 1. The van der Waals surface area contributed by atoms with E-state index < -0.39 is 17.7 Å². The first-order chi connectivity index (χ1) is 15.6. The van der Waals surface area contributed by atoms with E-state index in [1.165, 1.54) is 7.11 Å². The Labute approximate surface area is 190 Å². The normalized spacial score (nSPS) is 19.1. The number of methoxy groups -OCH3 is 1. The number of nitrogens with two attached hydrogens (primary N) is 1. The van der Waals surface area contributed by atoms with Gasteiger partial charge in [-0.25, -0.2) is 13.8 Å². The van der Waals surface area contributed by atoms with Crippen LogP contribution >= 0.6 is 0 Å². The number of primary amides is 1. The molecule has 2 aromatic rings. The Balaban J connectivity index is 1.85. The summed E-state index contributed by atoms with van der Waals surface area (Å²) in [6, 6.07) is 7.01. The number of rotatable bonds is 6. The lowest BCUT2D eigenvalue weighted by atomic mass is 9.79. The van der Waals surface area contributed by atoms with E-state index in [4.69, 9.17) is 15.2 Å². The minimum Gasteiger partial charge on any atom is -0.496 e. The molecule has 0 spiro atoms. The van der Waals surface area contributed by atoms with E-state index >= 15 is 0 Å². The molecule has 1 saturated carbocycles. The minimum absolute atomic E-state index is 0.0872. The van der Waals surface area contributed by atoms with Crippen LogP contribution in [0.5, 0.6) is 11.6 Å². The highest BCUT2D eigenvalue weighted by atomic mass is 19.3. The van der Waals surface area contributed by atoms with Gasteiger partial charge in [0.25, 0.3) is 0 Å². The third-order valence-electron chi connectivity index (χ3n) is 6.13. The summed E-state index contributed by atoms with van der Waals surface area (Å²) >= 11 is 0. The van der Waals surface area contributed by atoms with Crippen molar-refractivity contribution in [2.24, 2.45) is 11.7 Å². The molecule has 0 unspecified atom stereocenters. The van der Waals surface area contributed by atoms with E-state index in [0.29, 0.717) is 39.4 Å². The van der Waals surface area contributed by atoms with E-state index in [0.717, 1.165) is 5.56 Å². The largest absolute Gasteiger partial charge is 0.496 e. The molecule has 0 bridgehead atoms. The molecule has 1 aromatic carbocycles. The molecule has 33 heavy (non-hydrogen) atoms. The van der Waals surface area contributed by atoms with Crippen molar-refractivity contribution in [3.63, 3.8) is 0 Å². The van der Waals surface area contributed by atoms with Gasteiger partial charge in [-0.1, -0.05) is 6.07 Å². The summed E-state index contributed by atoms with van der Waals surface area (Å²) in [4.78, 5) is 17.0. The number of carbonyl (C=O) groups excluding carboxylic acids is 1. The summed E-state index contributed by atoms with van der Waals surface area (Å²) in [6.45, 7) is 3.71. The summed E-state index contributed by atoms with van der Waals surface area (Å²) in [5.41, 5.74) is 9.77. The molecule has 7 nitrogen and oxygen atoms in total. The van der Waals surface area contributed by atoms with Crippen molar-refractivity contribution in [2.45, 2.75) is 38.5 Å². The monoisotopic (exact) mass is 454 g/mol. The lowest BCUT2D eigenvalue weighted by molar-refractivity contribution is -0.119. The van der Waals surface area contributed by atoms with E-state index in [1.54, 1.807) is 31.3 Å². The van der Waals surface area contributed by atoms with Gasteiger partial charge in [-0.3, -0.25) is 4.79 Å². The smallest absolute Gasteiger partial charge is 0.248 e. The number of benzene rings is 1. The molecule has 0 saturated heterocycles. The fourth-order valence-corrected chi connectivity index (χ4v) is 4.53. The van der Waals surface area contributed by atoms with Gasteiger partial charge in [-0.2, -0.15) is 5.26 Å². The number of amides is 1. The van der Waals surface area contributed by atoms with Crippen LogP contribution in [-0.2, 0) is 4.79 Å². The number of nitriles is 1. The van der Waals surface area contributed by atoms with Crippen molar-refractivity contribution in [1.29, 1.82) is 5.26 Å². The predicted octanol–water partition coefficient (Wildman–Crippen LogP) is 4.01. The van der Waals surface area contributed by atoms with Crippen LogP contribution in [0, 0.1) is 24.2 Å². The maximum Gasteiger partial charge on any atom is 0.248 e. The molecule has 4 rings (SSSR count). The van der Waals surface area contributed by atoms with Gasteiger partial charge in [0.05, 0.1) is 42.5 Å². The summed E-state index contributed by atoms with van der Waals surface area (Å²) < 4.78 is 38.0. The van der Waals surface area contributed by atoms with Gasteiger partial charge in [-0.15, -0.1) is 0 Å². The molecule has 2 heterocycles. The molecule has 0 radical (unpaired) electrons. The summed E-state index contributed by atoms with van der Waals surface area (Å²) in [7, 11) is 1.48. The first-order valence-electron chi connectivity index (χ1n) is 10.5. The van der Waals surface area contributed by atoms with Crippen LogP contribution in [-0.4, -0.2) is 30.5 Å². The second-order valence-electron chi connectivity index (χ2n) is 8.51. The number of pyridine rings is 1. The number of aryl methyl sites for hydroxylation is 1. The van der Waals surface area contributed by atoms with E-state index in [-0.39, 0.29) is 31.2 Å². The maximum absolute atomic E-state index is 13.3. The zero-order valence-corrected chi connectivity index (χ0v) is 18.5. The van der Waals surface area contributed by atoms with Gasteiger partial charge in [0, 0.05) is 41.8 Å². The Hall–Kier alpha value is -3.67. The molecule has 1 aliphatic heterocycles. The summed E-state index contributed by atoms with van der Waals surface area (Å²) in [6.07, 6.45) is 1.18. The van der Waals surface area contributed by atoms with Crippen LogP contribution in [0.2, 0.25) is 0 Å². The number of carbonyl (C=O) groups is 1. The number of nitrogens with zero attached hydrogens (tertiary/aromatic N) is 2. The van der Waals surface area contributed by atoms with Crippen molar-refractivity contribution < 1.29 is 23.0 Å². The molecule has 3 N–H and O–H groups in total. The third kappa shape index (κ3) is 4.09. The van der Waals surface area contributed by atoms with Crippen LogP contribution in [0.25, 0.3) is 0 Å². The van der Waals surface area contributed by atoms with E-state index in [2.05, 4.69) is 16.4 Å². The molecule has 1 atom stereocenters. The van der Waals surface area contributed by atoms with E-state index in [1.807, 2.05) is 6.92 Å². The molecule has 9 heteroatoms. The topological polar surface area (TPSA) is 110 Å². The number of hydrogen-bond acceptors (Lipinski definition) is 6. The Morgan fingerprint density at radius 1 is 1.36 bits per heavy atom. The number of ether oxygens (including phenoxy) is 2. The number of fused-ring (bicyclic) bond motifs is 1. The Kier molecular flexibility index (Phi) is 5.70. The molecule has 1 aromatic heterocycles. The van der Waals surface area contributed by atoms with Crippen LogP contribution in [0.3, 0.4) is 0 Å². The molecule has 1 amide bonds. The van der Waals surface area contributed by atoms with Crippen LogP contribution in [0.1, 0.15) is 47.9 Å². The van der Waals surface area contributed by atoms with Crippen molar-refractivity contribution in [1.82, 2.24) is 4.98 Å².